The second kappa shape index (κ2) is 3.50. The molecule has 0 spiro atoms. The van der Waals surface area contributed by atoms with Gasteiger partial charge in [-0.2, -0.15) is 0 Å². The molecule has 1 aliphatic rings. The molecule has 14 heavy (non-hydrogen) atoms. The van der Waals surface area contributed by atoms with E-state index in [9.17, 15) is 13.9 Å². The molecule has 1 N–H and O–H groups in total. The molecular weight excluding hydrogens is 186 g/mol. The van der Waals surface area contributed by atoms with E-state index in [1.165, 1.54) is 12.1 Å². The molecule has 0 saturated heterocycles. The normalized spacial score (nSPS) is 21.1. The van der Waals surface area contributed by atoms with Gasteiger partial charge in [-0.3, -0.25) is 0 Å². The van der Waals surface area contributed by atoms with Crippen LogP contribution in [0, 0.1) is 11.6 Å². The molecule has 1 aromatic carbocycles. The van der Waals surface area contributed by atoms with E-state index in [4.69, 9.17) is 0 Å². The first-order chi connectivity index (χ1) is 6.66. The lowest BCUT2D eigenvalue weighted by atomic mass is 10.1. The highest BCUT2D eigenvalue weighted by atomic mass is 19.1. The summed E-state index contributed by atoms with van der Waals surface area (Å²) in [4.78, 5) is 0. The average Bonchev–Trinajstić information content (AvgIpc) is 2.51. The Kier molecular flexibility index (Phi) is 2.33. The van der Waals surface area contributed by atoms with Gasteiger partial charge in [-0.15, -0.1) is 0 Å². The largest absolute Gasteiger partial charge is 0.389 e. The van der Waals surface area contributed by atoms with Gasteiger partial charge < -0.3 is 5.11 Å². The molecule has 0 fully saturated rings. The maximum atomic E-state index is 13.3. The fraction of sp³-hybridized carbons (Fsp3) is 0.273. The average molecular weight is 196 g/mol. The fourth-order valence-corrected chi connectivity index (χ4v) is 1.68. The second-order valence-electron chi connectivity index (χ2n) is 3.42. The molecule has 0 radical (unpaired) electrons. The highest BCUT2D eigenvalue weighted by Gasteiger charge is 2.17. The van der Waals surface area contributed by atoms with Gasteiger partial charge in [0.2, 0.25) is 0 Å². The number of allylic oxidation sites excluding steroid dienone is 1. The van der Waals surface area contributed by atoms with E-state index in [2.05, 4.69) is 0 Å². The molecule has 74 valence electrons. The predicted octanol–water partition coefficient (Wildman–Crippen LogP) is 2.50. The summed E-state index contributed by atoms with van der Waals surface area (Å²) in [6.45, 7) is 0. The van der Waals surface area contributed by atoms with Crippen LogP contribution in [0.15, 0.2) is 24.3 Å². The van der Waals surface area contributed by atoms with Crippen LogP contribution < -0.4 is 0 Å². The summed E-state index contributed by atoms with van der Waals surface area (Å²) in [5.41, 5.74) is 1.15. The number of hydrogen-bond acceptors (Lipinski definition) is 1. The maximum Gasteiger partial charge on any atom is 0.133 e. The Morgan fingerprint density at radius 3 is 2.64 bits per heavy atom. The topological polar surface area (TPSA) is 20.2 Å². The lowest BCUT2D eigenvalue weighted by Crippen LogP contribution is -1.93. The van der Waals surface area contributed by atoms with E-state index in [0.717, 1.165) is 11.6 Å². The highest BCUT2D eigenvalue weighted by molar-refractivity contribution is 5.68. The SMILES string of the molecule is OC1C=C(c2ccc(F)cc2F)CC1. The molecule has 0 saturated carbocycles. The summed E-state index contributed by atoms with van der Waals surface area (Å²) < 4.78 is 25.9. The summed E-state index contributed by atoms with van der Waals surface area (Å²) in [7, 11) is 0. The lowest BCUT2D eigenvalue weighted by molar-refractivity contribution is 0.223. The van der Waals surface area contributed by atoms with E-state index >= 15 is 0 Å². The molecule has 1 aromatic rings. The van der Waals surface area contributed by atoms with Crippen LogP contribution in [-0.2, 0) is 0 Å². The number of aliphatic hydroxyl groups excluding tert-OH is 1. The van der Waals surface area contributed by atoms with Gasteiger partial charge >= 0.3 is 0 Å². The van der Waals surface area contributed by atoms with E-state index in [0.29, 0.717) is 18.4 Å². The Morgan fingerprint density at radius 2 is 2.07 bits per heavy atom. The van der Waals surface area contributed by atoms with Gasteiger partial charge in [-0.1, -0.05) is 6.08 Å². The zero-order valence-electron chi connectivity index (χ0n) is 7.50. The van der Waals surface area contributed by atoms with Crippen LogP contribution in [0.25, 0.3) is 5.57 Å². The molecule has 0 amide bonds. The third kappa shape index (κ3) is 1.68. The molecule has 1 atom stereocenters. The third-order valence-electron chi connectivity index (χ3n) is 2.38. The van der Waals surface area contributed by atoms with E-state index in [-0.39, 0.29) is 0 Å². The van der Waals surface area contributed by atoms with Crippen molar-refractivity contribution in [3.8, 4) is 0 Å². The summed E-state index contributed by atoms with van der Waals surface area (Å²) in [5, 5.41) is 9.23. The van der Waals surface area contributed by atoms with Crippen LogP contribution in [0.5, 0.6) is 0 Å². The van der Waals surface area contributed by atoms with Gasteiger partial charge in [0.05, 0.1) is 6.10 Å². The summed E-state index contributed by atoms with van der Waals surface area (Å²) in [5.74, 6) is -1.14. The highest BCUT2D eigenvalue weighted by Crippen LogP contribution is 2.29. The van der Waals surface area contributed by atoms with Crippen LogP contribution in [0.1, 0.15) is 18.4 Å². The standard InChI is InChI=1S/C11H10F2O/c12-8-2-4-10(11(13)6-8)7-1-3-9(14)5-7/h2,4-6,9,14H,1,3H2. The minimum atomic E-state index is -0.578. The van der Waals surface area contributed by atoms with Gasteiger partial charge in [-0.25, -0.2) is 8.78 Å². The Morgan fingerprint density at radius 1 is 1.29 bits per heavy atom. The van der Waals surface area contributed by atoms with Crippen LogP contribution in [0.2, 0.25) is 0 Å². The van der Waals surface area contributed by atoms with Crippen molar-refractivity contribution in [2.45, 2.75) is 18.9 Å². The molecule has 1 unspecified atom stereocenters. The Balaban J connectivity index is 2.37. The van der Waals surface area contributed by atoms with E-state index in [1.807, 2.05) is 0 Å². The van der Waals surface area contributed by atoms with Crippen molar-refractivity contribution in [3.05, 3.63) is 41.5 Å². The third-order valence-corrected chi connectivity index (χ3v) is 2.38. The monoisotopic (exact) mass is 196 g/mol. The summed E-state index contributed by atoms with van der Waals surface area (Å²) >= 11 is 0. The van der Waals surface area contributed by atoms with Gasteiger partial charge in [0, 0.05) is 11.6 Å². The molecule has 0 aliphatic heterocycles. The van der Waals surface area contributed by atoms with Gasteiger partial charge in [0.25, 0.3) is 0 Å². The Labute approximate surface area is 80.7 Å². The number of hydrogen-bond donors (Lipinski definition) is 1. The van der Waals surface area contributed by atoms with Crippen molar-refractivity contribution in [2.24, 2.45) is 0 Å². The first-order valence-electron chi connectivity index (χ1n) is 4.51. The van der Waals surface area contributed by atoms with Gasteiger partial charge in [0.1, 0.15) is 11.6 Å². The summed E-state index contributed by atoms with van der Waals surface area (Å²) in [6.07, 6.45) is 2.39. The summed E-state index contributed by atoms with van der Waals surface area (Å²) in [6, 6.07) is 3.50. The first-order valence-corrected chi connectivity index (χ1v) is 4.51. The molecule has 2 rings (SSSR count). The van der Waals surface area contributed by atoms with Crippen molar-refractivity contribution in [1.29, 1.82) is 0 Å². The maximum absolute atomic E-state index is 13.3. The Hall–Kier alpha value is -1.22. The number of aliphatic hydroxyl groups is 1. The molecular formula is C11H10F2O. The van der Waals surface area contributed by atoms with Crippen LogP contribution >= 0.6 is 0 Å². The van der Waals surface area contributed by atoms with Gasteiger partial charge in [0.15, 0.2) is 0 Å². The van der Waals surface area contributed by atoms with E-state index < -0.39 is 17.7 Å². The first kappa shape index (κ1) is 9.34. The number of benzene rings is 1. The number of halogens is 2. The quantitative estimate of drug-likeness (QED) is 0.731. The Bertz CT molecular complexity index is 385. The number of rotatable bonds is 1. The zero-order chi connectivity index (χ0) is 10.1. The van der Waals surface area contributed by atoms with Crippen LogP contribution in [0.4, 0.5) is 8.78 Å². The molecule has 0 bridgehead atoms. The smallest absolute Gasteiger partial charge is 0.133 e. The zero-order valence-corrected chi connectivity index (χ0v) is 7.50. The van der Waals surface area contributed by atoms with Gasteiger partial charge in [-0.05, 0) is 30.5 Å². The predicted molar refractivity (Wildman–Crippen MR) is 49.6 cm³/mol. The molecule has 0 heterocycles. The van der Waals surface area contributed by atoms with Crippen molar-refractivity contribution < 1.29 is 13.9 Å². The molecule has 1 nitrogen and oxygen atoms in total. The van der Waals surface area contributed by atoms with Crippen molar-refractivity contribution in [3.63, 3.8) is 0 Å². The van der Waals surface area contributed by atoms with E-state index in [1.54, 1.807) is 6.08 Å². The van der Waals surface area contributed by atoms with Crippen molar-refractivity contribution in [2.75, 3.05) is 0 Å². The molecule has 3 heteroatoms. The minimum absolute atomic E-state index is 0.392. The molecule has 0 aromatic heterocycles. The molecule has 1 aliphatic carbocycles. The minimum Gasteiger partial charge on any atom is -0.389 e. The van der Waals surface area contributed by atoms with Crippen molar-refractivity contribution >= 4 is 5.57 Å². The van der Waals surface area contributed by atoms with Crippen LogP contribution in [0.3, 0.4) is 0 Å². The fourth-order valence-electron chi connectivity index (χ4n) is 1.68. The lowest BCUT2D eigenvalue weighted by Gasteiger charge is -2.02. The van der Waals surface area contributed by atoms with Crippen molar-refractivity contribution in [1.82, 2.24) is 0 Å². The van der Waals surface area contributed by atoms with Crippen LogP contribution in [-0.4, -0.2) is 11.2 Å². The second-order valence-corrected chi connectivity index (χ2v) is 3.42.